The first-order valence-electron chi connectivity index (χ1n) is 9.90. The number of amides is 1. The van der Waals surface area contributed by atoms with E-state index in [-0.39, 0.29) is 12.5 Å². The highest BCUT2D eigenvalue weighted by Crippen LogP contribution is 2.29. The molecule has 0 aliphatic heterocycles. The van der Waals surface area contributed by atoms with E-state index in [9.17, 15) is 4.79 Å². The lowest BCUT2D eigenvalue weighted by atomic mass is 10.2. The minimum absolute atomic E-state index is 0.116. The zero-order valence-electron chi connectivity index (χ0n) is 16.9. The molecule has 150 valence electrons. The number of benzene rings is 3. The molecule has 5 nitrogen and oxygen atoms in total. The van der Waals surface area contributed by atoms with E-state index in [2.05, 4.69) is 29.4 Å². The second-order valence-corrected chi connectivity index (χ2v) is 6.53. The van der Waals surface area contributed by atoms with Gasteiger partial charge in [-0.15, -0.1) is 0 Å². The van der Waals surface area contributed by atoms with Gasteiger partial charge in [-0.2, -0.15) is 0 Å². The lowest BCUT2D eigenvalue weighted by molar-refractivity contribution is -0.114. The van der Waals surface area contributed by atoms with Crippen LogP contribution >= 0.6 is 0 Å². The largest absolute Gasteiger partial charge is 0.455 e. The molecule has 2 N–H and O–H groups in total. The van der Waals surface area contributed by atoms with Crippen LogP contribution in [0.15, 0.2) is 78.9 Å². The molecule has 0 heterocycles. The van der Waals surface area contributed by atoms with Crippen LogP contribution in [0.2, 0.25) is 0 Å². The number of nitrogens with zero attached hydrogens (tertiary/aromatic N) is 1. The molecular formula is C24H27N3O2. The Morgan fingerprint density at radius 3 is 2.21 bits per heavy atom. The molecule has 0 aromatic heterocycles. The highest BCUT2D eigenvalue weighted by atomic mass is 16.5. The summed E-state index contributed by atoms with van der Waals surface area (Å²) in [5.74, 6) is 1.31. The molecule has 1 amide bonds. The van der Waals surface area contributed by atoms with Crippen LogP contribution in [0.1, 0.15) is 13.8 Å². The smallest absolute Gasteiger partial charge is 0.243 e. The number of rotatable bonds is 9. The summed E-state index contributed by atoms with van der Waals surface area (Å²) < 4.78 is 5.92. The Labute approximate surface area is 172 Å². The molecular weight excluding hydrogens is 362 g/mol. The van der Waals surface area contributed by atoms with E-state index in [0.29, 0.717) is 5.75 Å². The van der Waals surface area contributed by atoms with E-state index in [1.165, 1.54) is 0 Å². The predicted molar refractivity (Wildman–Crippen MR) is 120 cm³/mol. The van der Waals surface area contributed by atoms with Crippen LogP contribution in [-0.2, 0) is 4.79 Å². The normalized spacial score (nSPS) is 10.3. The quantitative estimate of drug-likeness (QED) is 0.516. The molecule has 0 aliphatic carbocycles. The van der Waals surface area contributed by atoms with Crippen molar-refractivity contribution in [3.63, 3.8) is 0 Å². The SMILES string of the molecule is CCN(CC)c1ccc(NC(=O)CNc2ccccc2Oc2ccccc2)cc1. The summed E-state index contributed by atoms with van der Waals surface area (Å²) in [6, 6.07) is 25.1. The first kappa shape index (κ1) is 20.3. The third-order valence-corrected chi connectivity index (χ3v) is 4.58. The molecule has 0 fully saturated rings. The number of para-hydroxylation sites is 3. The van der Waals surface area contributed by atoms with Gasteiger partial charge in [-0.3, -0.25) is 4.79 Å². The highest BCUT2D eigenvalue weighted by Gasteiger charge is 2.08. The number of nitrogens with one attached hydrogen (secondary N) is 2. The molecule has 0 radical (unpaired) electrons. The van der Waals surface area contributed by atoms with Crippen molar-refractivity contribution >= 4 is 23.0 Å². The highest BCUT2D eigenvalue weighted by molar-refractivity contribution is 5.94. The summed E-state index contributed by atoms with van der Waals surface area (Å²) in [5, 5.41) is 6.08. The molecule has 0 bridgehead atoms. The van der Waals surface area contributed by atoms with Gasteiger partial charge in [-0.25, -0.2) is 0 Å². The lowest BCUT2D eigenvalue weighted by Crippen LogP contribution is -2.23. The van der Waals surface area contributed by atoms with Crippen LogP contribution in [0.3, 0.4) is 0 Å². The maximum absolute atomic E-state index is 12.4. The van der Waals surface area contributed by atoms with Gasteiger partial charge in [0.25, 0.3) is 0 Å². The number of carbonyl (C=O) groups is 1. The van der Waals surface area contributed by atoms with Gasteiger partial charge in [-0.05, 0) is 62.4 Å². The average molecular weight is 389 g/mol. The molecule has 3 aromatic rings. The van der Waals surface area contributed by atoms with E-state index in [0.717, 1.165) is 35.9 Å². The van der Waals surface area contributed by atoms with Gasteiger partial charge in [0, 0.05) is 24.5 Å². The van der Waals surface area contributed by atoms with Crippen molar-refractivity contribution in [1.82, 2.24) is 0 Å². The monoisotopic (exact) mass is 389 g/mol. The van der Waals surface area contributed by atoms with Gasteiger partial charge in [0.1, 0.15) is 5.75 Å². The Morgan fingerprint density at radius 2 is 1.52 bits per heavy atom. The Morgan fingerprint density at radius 1 is 0.862 bits per heavy atom. The standard InChI is InChI=1S/C24H27N3O2/c1-3-27(4-2)20-16-14-19(15-17-20)26-24(28)18-25-22-12-8-9-13-23(22)29-21-10-6-5-7-11-21/h5-17,25H,3-4,18H2,1-2H3,(H,26,28). The first-order valence-corrected chi connectivity index (χ1v) is 9.90. The fourth-order valence-corrected chi connectivity index (χ4v) is 3.04. The van der Waals surface area contributed by atoms with Crippen LogP contribution in [0.4, 0.5) is 17.1 Å². The molecule has 0 saturated heterocycles. The second kappa shape index (κ2) is 10.2. The molecule has 0 atom stereocenters. The van der Waals surface area contributed by atoms with Crippen LogP contribution in [-0.4, -0.2) is 25.5 Å². The molecule has 29 heavy (non-hydrogen) atoms. The Hall–Kier alpha value is -3.47. The lowest BCUT2D eigenvalue weighted by Gasteiger charge is -2.21. The number of hydrogen-bond donors (Lipinski definition) is 2. The van der Waals surface area contributed by atoms with E-state index in [4.69, 9.17) is 4.74 Å². The summed E-state index contributed by atoms with van der Waals surface area (Å²) >= 11 is 0. The van der Waals surface area contributed by atoms with Crippen LogP contribution in [0.25, 0.3) is 0 Å². The Kier molecular flexibility index (Phi) is 7.11. The van der Waals surface area contributed by atoms with Crippen molar-refractivity contribution in [2.75, 3.05) is 35.2 Å². The summed E-state index contributed by atoms with van der Waals surface area (Å²) in [7, 11) is 0. The molecule has 3 aromatic carbocycles. The van der Waals surface area contributed by atoms with Gasteiger partial charge in [-0.1, -0.05) is 30.3 Å². The second-order valence-electron chi connectivity index (χ2n) is 6.53. The summed E-state index contributed by atoms with van der Waals surface area (Å²) in [5.41, 5.74) is 2.70. The number of carbonyl (C=O) groups excluding carboxylic acids is 1. The molecule has 3 rings (SSSR count). The molecule has 0 saturated carbocycles. The van der Waals surface area contributed by atoms with E-state index in [1.807, 2.05) is 78.9 Å². The zero-order valence-corrected chi connectivity index (χ0v) is 16.9. The minimum Gasteiger partial charge on any atom is -0.455 e. The maximum atomic E-state index is 12.4. The molecule has 0 aliphatic rings. The molecule has 0 spiro atoms. The Balaban J connectivity index is 1.57. The first-order chi connectivity index (χ1) is 14.2. The van der Waals surface area contributed by atoms with Crippen molar-refractivity contribution in [1.29, 1.82) is 0 Å². The summed E-state index contributed by atoms with van der Waals surface area (Å²) in [4.78, 5) is 14.6. The van der Waals surface area contributed by atoms with Crippen LogP contribution in [0.5, 0.6) is 11.5 Å². The van der Waals surface area contributed by atoms with Gasteiger partial charge in [0.2, 0.25) is 5.91 Å². The van der Waals surface area contributed by atoms with Gasteiger partial charge in [0.15, 0.2) is 5.75 Å². The maximum Gasteiger partial charge on any atom is 0.243 e. The number of anilines is 3. The summed E-state index contributed by atoms with van der Waals surface area (Å²) in [6.07, 6.45) is 0. The van der Waals surface area contributed by atoms with Crippen molar-refractivity contribution in [3.8, 4) is 11.5 Å². The fourth-order valence-electron chi connectivity index (χ4n) is 3.04. The third kappa shape index (κ3) is 5.75. The zero-order chi connectivity index (χ0) is 20.5. The van der Waals surface area contributed by atoms with Crippen molar-refractivity contribution < 1.29 is 9.53 Å². The van der Waals surface area contributed by atoms with Crippen molar-refractivity contribution in [2.45, 2.75) is 13.8 Å². The predicted octanol–water partition coefficient (Wildman–Crippen LogP) is 5.38. The molecule has 0 unspecified atom stereocenters. The third-order valence-electron chi connectivity index (χ3n) is 4.58. The van der Waals surface area contributed by atoms with E-state index < -0.39 is 0 Å². The van der Waals surface area contributed by atoms with Crippen molar-refractivity contribution in [3.05, 3.63) is 78.9 Å². The number of hydrogen-bond acceptors (Lipinski definition) is 4. The number of ether oxygens (including phenoxy) is 1. The van der Waals surface area contributed by atoms with E-state index >= 15 is 0 Å². The van der Waals surface area contributed by atoms with Gasteiger partial charge < -0.3 is 20.3 Å². The van der Waals surface area contributed by atoms with Crippen molar-refractivity contribution in [2.24, 2.45) is 0 Å². The van der Waals surface area contributed by atoms with E-state index in [1.54, 1.807) is 0 Å². The summed E-state index contributed by atoms with van der Waals surface area (Å²) in [6.45, 7) is 6.31. The van der Waals surface area contributed by atoms with Gasteiger partial charge >= 0.3 is 0 Å². The molecule has 5 heteroatoms. The van der Waals surface area contributed by atoms with Crippen LogP contribution in [0, 0.1) is 0 Å². The topological polar surface area (TPSA) is 53.6 Å². The van der Waals surface area contributed by atoms with Gasteiger partial charge in [0.05, 0.1) is 12.2 Å². The Bertz CT molecular complexity index is 907. The average Bonchev–Trinajstić information content (AvgIpc) is 2.76. The minimum atomic E-state index is -0.116. The fraction of sp³-hybridized carbons (Fsp3) is 0.208. The van der Waals surface area contributed by atoms with Crippen LogP contribution < -0.4 is 20.3 Å².